The van der Waals surface area contributed by atoms with Crippen LogP contribution in [0, 0.1) is 0 Å². The van der Waals surface area contributed by atoms with E-state index in [0.29, 0.717) is 0 Å². The lowest BCUT2D eigenvalue weighted by molar-refractivity contribution is 1.18. The predicted molar refractivity (Wildman–Crippen MR) is 237 cm³/mol. The minimum absolute atomic E-state index is 1.11. The Morgan fingerprint density at radius 2 is 0.964 bits per heavy atom. The largest absolute Gasteiger partial charge is 0.309 e. The second-order valence-electron chi connectivity index (χ2n) is 14.1. The van der Waals surface area contributed by atoms with Crippen molar-refractivity contribution in [3.05, 3.63) is 206 Å². The number of hydrogen-bond acceptors (Lipinski definition) is 2. The highest BCUT2D eigenvalue weighted by Crippen LogP contribution is 2.47. The average molecular weight is 719 g/mol. The van der Waals surface area contributed by atoms with Gasteiger partial charge in [-0.3, -0.25) is 0 Å². The van der Waals surface area contributed by atoms with E-state index in [4.69, 9.17) is 0 Å². The molecule has 0 aliphatic carbocycles. The number of anilines is 3. The van der Waals surface area contributed by atoms with Crippen molar-refractivity contribution in [2.24, 2.45) is 0 Å². The quantitative estimate of drug-likeness (QED) is 0.166. The molecule has 0 fully saturated rings. The second kappa shape index (κ2) is 12.9. The van der Waals surface area contributed by atoms with E-state index in [1.165, 1.54) is 75.0 Å². The van der Waals surface area contributed by atoms with E-state index >= 15 is 0 Å². The Balaban J connectivity index is 1.07. The molecule has 2 aromatic heterocycles. The first-order valence-electron chi connectivity index (χ1n) is 18.8. The van der Waals surface area contributed by atoms with Crippen molar-refractivity contribution in [2.75, 3.05) is 4.90 Å². The summed E-state index contributed by atoms with van der Waals surface area (Å²) in [5.41, 5.74) is 11.8. The number of nitrogens with zero attached hydrogens (tertiary/aromatic N) is 2. The zero-order valence-electron chi connectivity index (χ0n) is 29.9. The third kappa shape index (κ3) is 5.16. The Morgan fingerprint density at radius 3 is 1.78 bits per heavy atom. The van der Waals surface area contributed by atoms with Crippen LogP contribution in [-0.4, -0.2) is 4.57 Å². The Labute approximate surface area is 323 Å². The molecule has 11 aromatic rings. The van der Waals surface area contributed by atoms with Gasteiger partial charge in [-0.15, -0.1) is 11.3 Å². The number of thiophene rings is 1. The van der Waals surface area contributed by atoms with Gasteiger partial charge in [-0.05, 0) is 71.1 Å². The molecule has 0 saturated heterocycles. The van der Waals surface area contributed by atoms with Crippen molar-refractivity contribution < 1.29 is 0 Å². The third-order valence-corrected chi connectivity index (χ3v) is 12.2. The molecule has 0 bridgehead atoms. The lowest BCUT2D eigenvalue weighted by Crippen LogP contribution is -2.11. The molecule has 2 nitrogen and oxygen atoms in total. The van der Waals surface area contributed by atoms with Crippen LogP contribution in [0.3, 0.4) is 0 Å². The van der Waals surface area contributed by atoms with Crippen LogP contribution in [-0.2, 0) is 0 Å². The summed E-state index contributed by atoms with van der Waals surface area (Å²) in [5.74, 6) is 0. The first kappa shape index (κ1) is 31.6. The molecule has 11 rings (SSSR count). The van der Waals surface area contributed by atoms with Crippen molar-refractivity contribution in [1.29, 1.82) is 0 Å². The van der Waals surface area contributed by atoms with Crippen LogP contribution in [0.1, 0.15) is 0 Å². The summed E-state index contributed by atoms with van der Waals surface area (Å²) in [6.45, 7) is 0. The van der Waals surface area contributed by atoms with Gasteiger partial charge in [-0.1, -0.05) is 152 Å². The number of fused-ring (bicyclic) bond motifs is 7. The van der Waals surface area contributed by atoms with Gasteiger partial charge in [-0.2, -0.15) is 0 Å². The highest BCUT2D eigenvalue weighted by atomic mass is 32.1. The molecule has 55 heavy (non-hydrogen) atoms. The summed E-state index contributed by atoms with van der Waals surface area (Å²) in [6, 6.07) is 75.1. The molecule has 0 aliphatic rings. The monoisotopic (exact) mass is 718 g/mol. The minimum atomic E-state index is 1.11. The normalized spacial score (nSPS) is 11.6. The van der Waals surface area contributed by atoms with Gasteiger partial charge in [0.1, 0.15) is 0 Å². The maximum Gasteiger partial charge on any atom is 0.0541 e. The van der Waals surface area contributed by atoms with Crippen molar-refractivity contribution in [3.8, 4) is 27.9 Å². The van der Waals surface area contributed by atoms with Gasteiger partial charge >= 0.3 is 0 Å². The van der Waals surface area contributed by atoms with Gasteiger partial charge in [0.25, 0.3) is 0 Å². The summed E-state index contributed by atoms with van der Waals surface area (Å²) in [6.07, 6.45) is 0. The number of aromatic nitrogens is 1. The van der Waals surface area contributed by atoms with E-state index in [1.807, 2.05) is 11.3 Å². The second-order valence-corrected chi connectivity index (χ2v) is 15.2. The Hall–Kier alpha value is -6.94. The molecule has 2 heterocycles. The van der Waals surface area contributed by atoms with Crippen LogP contribution in [0.5, 0.6) is 0 Å². The number of rotatable bonds is 6. The maximum atomic E-state index is 2.45. The predicted octanol–water partition coefficient (Wildman–Crippen LogP) is 15.1. The molecule has 0 spiro atoms. The molecule has 0 radical (unpaired) electrons. The molecule has 0 saturated carbocycles. The zero-order valence-corrected chi connectivity index (χ0v) is 30.7. The molecule has 0 amide bonds. The van der Waals surface area contributed by atoms with E-state index in [2.05, 4.69) is 216 Å². The van der Waals surface area contributed by atoms with Crippen LogP contribution in [0.2, 0.25) is 0 Å². The van der Waals surface area contributed by atoms with E-state index in [1.54, 1.807) is 0 Å². The lowest BCUT2D eigenvalue weighted by Gasteiger charge is -2.29. The van der Waals surface area contributed by atoms with E-state index in [0.717, 1.165) is 22.7 Å². The number of benzene rings is 9. The summed E-state index contributed by atoms with van der Waals surface area (Å²) < 4.78 is 5.01. The van der Waals surface area contributed by atoms with Crippen LogP contribution in [0.4, 0.5) is 17.1 Å². The van der Waals surface area contributed by atoms with Gasteiger partial charge in [0.2, 0.25) is 0 Å². The standard InChI is InChI=1S/C52H34N2S/c1-2-18-40-36(14-1)15-12-28-47(40)53(50-27-9-5-21-43(50)45-23-13-24-46-44-22-6-10-29-51(44)55-52(45)46)38-32-30-35(31-33-38)37-16-11-17-39(34-37)54-48-25-7-3-19-41(48)42-20-4-8-26-49(42)54/h1-34H. The summed E-state index contributed by atoms with van der Waals surface area (Å²) in [7, 11) is 0. The third-order valence-electron chi connectivity index (χ3n) is 11.0. The summed E-state index contributed by atoms with van der Waals surface area (Å²) >= 11 is 1.88. The molecule has 0 atom stereocenters. The van der Waals surface area contributed by atoms with Gasteiger partial charge < -0.3 is 9.47 Å². The van der Waals surface area contributed by atoms with E-state index in [-0.39, 0.29) is 0 Å². The first-order chi connectivity index (χ1) is 27.3. The van der Waals surface area contributed by atoms with Gasteiger partial charge in [0.15, 0.2) is 0 Å². The maximum absolute atomic E-state index is 2.45. The highest BCUT2D eigenvalue weighted by Gasteiger charge is 2.21. The minimum Gasteiger partial charge on any atom is -0.309 e. The van der Waals surface area contributed by atoms with Crippen molar-refractivity contribution in [3.63, 3.8) is 0 Å². The van der Waals surface area contributed by atoms with Crippen molar-refractivity contribution >= 4 is 81.1 Å². The number of hydrogen-bond donors (Lipinski definition) is 0. The SMILES string of the molecule is c1cc(-c2ccc(N(c3ccccc3-c3cccc4c3sc3ccccc34)c3cccc4ccccc34)cc2)cc(-n2c3ccccc3c3ccccc32)c1. The fraction of sp³-hybridized carbons (Fsp3) is 0. The topological polar surface area (TPSA) is 8.17 Å². The summed E-state index contributed by atoms with van der Waals surface area (Å²) in [5, 5.41) is 7.58. The van der Waals surface area contributed by atoms with Gasteiger partial charge in [-0.25, -0.2) is 0 Å². The van der Waals surface area contributed by atoms with Gasteiger partial charge in [0, 0.05) is 58.8 Å². The molecule has 9 aromatic carbocycles. The average Bonchev–Trinajstić information content (AvgIpc) is 3.81. The van der Waals surface area contributed by atoms with Crippen molar-refractivity contribution in [2.45, 2.75) is 0 Å². The van der Waals surface area contributed by atoms with Crippen LogP contribution >= 0.6 is 11.3 Å². The zero-order chi connectivity index (χ0) is 36.3. The molecule has 0 unspecified atom stereocenters. The Kier molecular flexibility index (Phi) is 7.39. The molecule has 0 N–H and O–H groups in total. The molecule has 3 heteroatoms. The fourth-order valence-electron chi connectivity index (χ4n) is 8.50. The molecular weight excluding hydrogens is 685 g/mol. The lowest BCUT2D eigenvalue weighted by atomic mass is 9.98. The van der Waals surface area contributed by atoms with Crippen LogP contribution in [0.25, 0.3) is 80.7 Å². The summed E-state index contributed by atoms with van der Waals surface area (Å²) in [4.78, 5) is 2.45. The highest BCUT2D eigenvalue weighted by molar-refractivity contribution is 7.26. The first-order valence-corrected chi connectivity index (χ1v) is 19.6. The Morgan fingerprint density at radius 1 is 0.382 bits per heavy atom. The van der Waals surface area contributed by atoms with Crippen molar-refractivity contribution in [1.82, 2.24) is 4.57 Å². The molecule has 0 aliphatic heterocycles. The fourth-order valence-corrected chi connectivity index (χ4v) is 9.73. The van der Waals surface area contributed by atoms with Crippen LogP contribution < -0.4 is 4.90 Å². The molecular formula is C52H34N2S. The smallest absolute Gasteiger partial charge is 0.0541 e. The molecule has 258 valence electrons. The number of para-hydroxylation sites is 3. The van der Waals surface area contributed by atoms with Crippen LogP contribution in [0.15, 0.2) is 206 Å². The van der Waals surface area contributed by atoms with Gasteiger partial charge in [0.05, 0.1) is 22.4 Å². The van der Waals surface area contributed by atoms with E-state index in [9.17, 15) is 0 Å². The van der Waals surface area contributed by atoms with E-state index < -0.39 is 0 Å². The Bertz CT molecular complexity index is 3160.